The van der Waals surface area contributed by atoms with E-state index in [0.717, 1.165) is 67.8 Å². The number of hydrogen-bond donors (Lipinski definition) is 1. The fraction of sp³-hybridized carbons (Fsp3) is 0.545. The lowest BCUT2D eigenvalue weighted by Crippen LogP contribution is -2.32. The van der Waals surface area contributed by atoms with Crippen LogP contribution in [0.5, 0.6) is 0 Å². The summed E-state index contributed by atoms with van der Waals surface area (Å²) >= 11 is 0. The van der Waals surface area contributed by atoms with Crippen molar-refractivity contribution in [1.29, 1.82) is 0 Å². The van der Waals surface area contributed by atoms with Crippen LogP contribution in [0.3, 0.4) is 0 Å². The highest BCUT2D eigenvalue weighted by atomic mass is 16.5. The Morgan fingerprint density at radius 1 is 1.30 bits per heavy atom. The van der Waals surface area contributed by atoms with Gasteiger partial charge in [-0.05, 0) is 50.3 Å². The molecular formula is C22H31N3O2. The average molecular weight is 370 g/mol. The highest BCUT2D eigenvalue weighted by Gasteiger charge is 2.25. The van der Waals surface area contributed by atoms with Crippen molar-refractivity contribution in [3.05, 3.63) is 46.8 Å². The molecule has 1 N–H and O–H groups in total. The molecule has 0 spiro atoms. The van der Waals surface area contributed by atoms with Crippen LogP contribution in [-0.2, 0) is 17.6 Å². The normalized spacial score (nSPS) is 16.6. The van der Waals surface area contributed by atoms with Gasteiger partial charge in [-0.25, -0.2) is 4.68 Å². The van der Waals surface area contributed by atoms with E-state index in [2.05, 4.69) is 44.3 Å². The Morgan fingerprint density at radius 2 is 2.11 bits per heavy atom. The first kappa shape index (κ1) is 19.6. The molecule has 1 atom stereocenters. The van der Waals surface area contributed by atoms with Gasteiger partial charge < -0.3 is 10.1 Å². The van der Waals surface area contributed by atoms with Gasteiger partial charge in [0.1, 0.15) is 0 Å². The lowest BCUT2D eigenvalue weighted by molar-refractivity contribution is 0.0856. The number of aryl methyl sites for hydroxylation is 2. The molecule has 2 heterocycles. The molecule has 146 valence electrons. The van der Waals surface area contributed by atoms with Crippen molar-refractivity contribution >= 4 is 5.91 Å². The van der Waals surface area contributed by atoms with E-state index in [9.17, 15) is 4.79 Å². The fourth-order valence-corrected chi connectivity index (χ4v) is 3.72. The van der Waals surface area contributed by atoms with Gasteiger partial charge in [0.05, 0.1) is 28.7 Å². The molecule has 5 heteroatoms. The van der Waals surface area contributed by atoms with Crippen LogP contribution in [0.2, 0.25) is 0 Å². The van der Waals surface area contributed by atoms with Crippen LogP contribution >= 0.6 is 0 Å². The molecule has 0 bridgehead atoms. The van der Waals surface area contributed by atoms with Crippen molar-refractivity contribution in [2.75, 3.05) is 13.2 Å². The molecule has 1 aliphatic rings. The largest absolute Gasteiger partial charge is 0.376 e. The third-order valence-electron chi connectivity index (χ3n) is 5.01. The number of hydrogen-bond acceptors (Lipinski definition) is 3. The van der Waals surface area contributed by atoms with Crippen LogP contribution in [0, 0.1) is 6.92 Å². The molecule has 0 aliphatic carbocycles. The monoisotopic (exact) mass is 369 g/mol. The summed E-state index contributed by atoms with van der Waals surface area (Å²) in [4.78, 5) is 13.1. The van der Waals surface area contributed by atoms with Crippen LogP contribution in [-0.4, -0.2) is 34.9 Å². The topological polar surface area (TPSA) is 56.2 Å². The van der Waals surface area contributed by atoms with Crippen LogP contribution in [0.1, 0.15) is 66.8 Å². The molecule has 2 aromatic rings. The summed E-state index contributed by atoms with van der Waals surface area (Å²) < 4.78 is 7.62. The zero-order valence-electron chi connectivity index (χ0n) is 16.8. The lowest BCUT2D eigenvalue weighted by atomic mass is 10.0. The molecule has 1 saturated heterocycles. The Hall–Kier alpha value is -2.14. The minimum absolute atomic E-state index is 0.0173. The molecule has 1 fully saturated rings. The molecule has 5 nitrogen and oxygen atoms in total. The summed E-state index contributed by atoms with van der Waals surface area (Å²) in [5, 5.41) is 7.95. The number of carbonyl (C=O) groups is 1. The SMILES string of the molecule is CCCc1nn(-c2cccc(C)c2)c(CCC)c1C(=O)NC[C@@H]1CCCO1. The maximum absolute atomic E-state index is 13.1. The predicted octanol–water partition coefficient (Wildman–Crippen LogP) is 3.99. The molecule has 1 aromatic heterocycles. The first-order valence-electron chi connectivity index (χ1n) is 10.2. The van der Waals surface area contributed by atoms with Crippen molar-refractivity contribution in [2.24, 2.45) is 0 Å². The zero-order valence-corrected chi connectivity index (χ0v) is 16.8. The van der Waals surface area contributed by atoms with E-state index in [1.165, 1.54) is 5.56 Å². The molecular weight excluding hydrogens is 338 g/mol. The maximum Gasteiger partial charge on any atom is 0.255 e. The Balaban J connectivity index is 1.95. The quantitative estimate of drug-likeness (QED) is 0.765. The number of nitrogens with zero attached hydrogens (tertiary/aromatic N) is 2. The van der Waals surface area contributed by atoms with Gasteiger partial charge in [0, 0.05) is 13.2 Å². The minimum atomic E-state index is -0.0173. The lowest BCUT2D eigenvalue weighted by Gasteiger charge is -2.13. The number of nitrogens with one attached hydrogen (secondary N) is 1. The maximum atomic E-state index is 13.1. The summed E-state index contributed by atoms with van der Waals surface area (Å²) in [6.07, 6.45) is 5.80. The third kappa shape index (κ3) is 4.59. The van der Waals surface area contributed by atoms with Crippen LogP contribution in [0.25, 0.3) is 5.69 Å². The van der Waals surface area contributed by atoms with Crippen molar-refractivity contribution in [3.63, 3.8) is 0 Å². The predicted molar refractivity (Wildman–Crippen MR) is 108 cm³/mol. The molecule has 1 amide bonds. The van der Waals surface area contributed by atoms with Gasteiger partial charge in [0.25, 0.3) is 5.91 Å². The highest BCUT2D eigenvalue weighted by Crippen LogP contribution is 2.23. The van der Waals surface area contributed by atoms with E-state index < -0.39 is 0 Å². The zero-order chi connectivity index (χ0) is 19.2. The number of carbonyl (C=O) groups excluding carboxylic acids is 1. The number of ether oxygens (including phenoxy) is 1. The first-order chi connectivity index (χ1) is 13.1. The van der Waals surface area contributed by atoms with Crippen molar-refractivity contribution in [2.45, 2.75) is 65.4 Å². The molecule has 27 heavy (non-hydrogen) atoms. The third-order valence-corrected chi connectivity index (χ3v) is 5.01. The Bertz CT molecular complexity index is 776. The number of benzene rings is 1. The average Bonchev–Trinajstić information content (AvgIpc) is 3.29. The summed E-state index contributed by atoms with van der Waals surface area (Å²) in [5.74, 6) is -0.0173. The smallest absolute Gasteiger partial charge is 0.255 e. The van der Waals surface area contributed by atoms with E-state index in [1.54, 1.807) is 0 Å². The van der Waals surface area contributed by atoms with Gasteiger partial charge in [-0.3, -0.25) is 4.79 Å². The van der Waals surface area contributed by atoms with E-state index in [0.29, 0.717) is 6.54 Å². The Morgan fingerprint density at radius 3 is 2.78 bits per heavy atom. The number of aromatic nitrogens is 2. The van der Waals surface area contributed by atoms with Crippen molar-refractivity contribution in [3.8, 4) is 5.69 Å². The number of rotatable bonds is 8. The van der Waals surface area contributed by atoms with E-state index in [-0.39, 0.29) is 12.0 Å². The van der Waals surface area contributed by atoms with Crippen molar-refractivity contribution < 1.29 is 9.53 Å². The van der Waals surface area contributed by atoms with E-state index in [1.807, 2.05) is 10.7 Å². The second-order valence-electron chi connectivity index (χ2n) is 7.36. The first-order valence-corrected chi connectivity index (χ1v) is 10.2. The van der Waals surface area contributed by atoms with Gasteiger partial charge in [-0.15, -0.1) is 0 Å². The van der Waals surface area contributed by atoms with Gasteiger partial charge in [-0.2, -0.15) is 5.10 Å². The van der Waals surface area contributed by atoms with Gasteiger partial charge >= 0.3 is 0 Å². The summed E-state index contributed by atoms with van der Waals surface area (Å²) in [7, 11) is 0. The van der Waals surface area contributed by atoms with Crippen LogP contribution in [0.15, 0.2) is 24.3 Å². The number of amides is 1. The molecule has 0 unspecified atom stereocenters. The fourth-order valence-electron chi connectivity index (χ4n) is 3.72. The van der Waals surface area contributed by atoms with Gasteiger partial charge in [0.15, 0.2) is 0 Å². The van der Waals surface area contributed by atoms with E-state index >= 15 is 0 Å². The molecule has 3 rings (SSSR count). The second kappa shape index (κ2) is 9.18. The van der Waals surface area contributed by atoms with Crippen molar-refractivity contribution in [1.82, 2.24) is 15.1 Å². The molecule has 0 radical (unpaired) electrons. The minimum Gasteiger partial charge on any atom is -0.376 e. The Kier molecular flexibility index (Phi) is 6.67. The van der Waals surface area contributed by atoms with Gasteiger partial charge in [0.2, 0.25) is 0 Å². The Labute approximate surface area is 162 Å². The van der Waals surface area contributed by atoms with Crippen LogP contribution in [0.4, 0.5) is 0 Å². The van der Waals surface area contributed by atoms with Crippen LogP contribution < -0.4 is 5.32 Å². The molecule has 0 saturated carbocycles. The summed E-state index contributed by atoms with van der Waals surface area (Å²) in [5.41, 5.74) is 4.88. The molecule has 1 aromatic carbocycles. The second-order valence-corrected chi connectivity index (χ2v) is 7.36. The summed E-state index contributed by atoms with van der Waals surface area (Å²) in [6, 6.07) is 8.30. The van der Waals surface area contributed by atoms with E-state index in [4.69, 9.17) is 9.84 Å². The standard InChI is InChI=1S/C22H31N3O2/c1-4-8-19-21(22(26)23-15-18-12-7-13-27-18)20(9-5-2)25(24-19)17-11-6-10-16(3)14-17/h6,10-11,14,18H,4-5,7-9,12-13,15H2,1-3H3,(H,23,26)/t18-/m0/s1. The molecule has 1 aliphatic heterocycles. The summed E-state index contributed by atoms with van der Waals surface area (Å²) in [6.45, 7) is 7.72. The highest BCUT2D eigenvalue weighted by molar-refractivity contribution is 5.96. The van der Waals surface area contributed by atoms with Gasteiger partial charge in [-0.1, -0.05) is 38.8 Å².